The lowest BCUT2D eigenvalue weighted by molar-refractivity contribution is 0.0988. The molecule has 1 aliphatic heterocycles. The normalized spacial score (nSPS) is 13.6. The van der Waals surface area contributed by atoms with Crippen molar-refractivity contribution in [1.29, 1.82) is 0 Å². The number of fused-ring (bicyclic) bond motifs is 1. The SMILES string of the molecule is CCN(C(=O)c1ccc2c(c1)CNCC2)c1ccccc1. The van der Waals surface area contributed by atoms with Gasteiger partial charge >= 0.3 is 0 Å². The molecule has 1 N–H and O–H groups in total. The molecular weight excluding hydrogens is 260 g/mol. The summed E-state index contributed by atoms with van der Waals surface area (Å²) in [6.07, 6.45) is 1.04. The van der Waals surface area contributed by atoms with Crippen molar-refractivity contribution in [2.75, 3.05) is 18.0 Å². The largest absolute Gasteiger partial charge is 0.312 e. The molecular formula is C18H20N2O. The predicted octanol–water partition coefficient (Wildman–Crippen LogP) is 3.00. The van der Waals surface area contributed by atoms with E-state index in [9.17, 15) is 4.79 Å². The Morgan fingerprint density at radius 2 is 1.95 bits per heavy atom. The van der Waals surface area contributed by atoms with Gasteiger partial charge in [0.15, 0.2) is 0 Å². The maximum Gasteiger partial charge on any atom is 0.258 e. The van der Waals surface area contributed by atoms with Crippen molar-refractivity contribution >= 4 is 11.6 Å². The Balaban J connectivity index is 1.90. The minimum atomic E-state index is 0.0667. The molecule has 0 spiro atoms. The van der Waals surface area contributed by atoms with Gasteiger partial charge in [-0.3, -0.25) is 4.79 Å². The average molecular weight is 280 g/mol. The predicted molar refractivity (Wildman–Crippen MR) is 85.6 cm³/mol. The Morgan fingerprint density at radius 3 is 2.71 bits per heavy atom. The summed E-state index contributed by atoms with van der Waals surface area (Å²) in [4.78, 5) is 14.6. The molecule has 21 heavy (non-hydrogen) atoms. The zero-order valence-electron chi connectivity index (χ0n) is 12.3. The Bertz CT molecular complexity index is 637. The summed E-state index contributed by atoms with van der Waals surface area (Å²) in [5.74, 6) is 0.0667. The van der Waals surface area contributed by atoms with E-state index < -0.39 is 0 Å². The average Bonchev–Trinajstić information content (AvgIpc) is 2.56. The molecule has 108 valence electrons. The number of rotatable bonds is 3. The van der Waals surface area contributed by atoms with Gasteiger partial charge in [0.2, 0.25) is 0 Å². The summed E-state index contributed by atoms with van der Waals surface area (Å²) in [5.41, 5.74) is 4.31. The maximum atomic E-state index is 12.8. The number of amides is 1. The molecule has 0 saturated carbocycles. The fourth-order valence-electron chi connectivity index (χ4n) is 2.82. The number of carbonyl (C=O) groups is 1. The second-order valence-electron chi connectivity index (χ2n) is 5.30. The highest BCUT2D eigenvalue weighted by molar-refractivity contribution is 6.06. The third-order valence-electron chi connectivity index (χ3n) is 3.97. The van der Waals surface area contributed by atoms with Crippen molar-refractivity contribution in [1.82, 2.24) is 5.32 Å². The molecule has 0 bridgehead atoms. The fraction of sp³-hybridized carbons (Fsp3) is 0.278. The molecule has 0 saturated heterocycles. The summed E-state index contributed by atoms with van der Waals surface area (Å²) in [6, 6.07) is 15.9. The number of carbonyl (C=O) groups excluding carboxylic acids is 1. The third kappa shape index (κ3) is 2.83. The second-order valence-corrected chi connectivity index (χ2v) is 5.30. The van der Waals surface area contributed by atoms with E-state index in [1.165, 1.54) is 11.1 Å². The smallest absolute Gasteiger partial charge is 0.258 e. The van der Waals surface area contributed by atoms with E-state index in [4.69, 9.17) is 0 Å². The van der Waals surface area contributed by atoms with Gasteiger partial charge in [0.1, 0.15) is 0 Å². The lowest BCUT2D eigenvalue weighted by Gasteiger charge is -2.23. The van der Waals surface area contributed by atoms with Crippen LogP contribution in [0.2, 0.25) is 0 Å². The van der Waals surface area contributed by atoms with Crippen LogP contribution in [0.1, 0.15) is 28.4 Å². The van der Waals surface area contributed by atoms with Gasteiger partial charge in [0.05, 0.1) is 0 Å². The van der Waals surface area contributed by atoms with Crippen LogP contribution in [0, 0.1) is 0 Å². The number of hydrogen-bond donors (Lipinski definition) is 1. The number of para-hydroxylation sites is 1. The number of nitrogens with one attached hydrogen (secondary N) is 1. The number of nitrogens with zero attached hydrogens (tertiary/aromatic N) is 1. The number of benzene rings is 2. The summed E-state index contributed by atoms with van der Waals surface area (Å²) in [6.45, 7) is 4.54. The molecule has 3 nitrogen and oxygen atoms in total. The van der Waals surface area contributed by atoms with Gasteiger partial charge in [-0.25, -0.2) is 0 Å². The topological polar surface area (TPSA) is 32.3 Å². The quantitative estimate of drug-likeness (QED) is 0.937. The van der Waals surface area contributed by atoms with Gasteiger partial charge in [-0.2, -0.15) is 0 Å². The van der Waals surface area contributed by atoms with E-state index in [1.54, 1.807) is 0 Å². The Hall–Kier alpha value is -2.13. The van der Waals surface area contributed by atoms with Crippen LogP contribution >= 0.6 is 0 Å². The van der Waals surface area contributed by atoms with E-state index in [1.807, 2.05) is 54.3 Å². The minimum Gasteiger partial charge on any atom is -0.312 e. The van der Waals surface area contributed by atoms with Crippen molar-refractivity contribution in [3.63, 3.8) is 0 Å². The number of anilines is 1. The van der Waals surface area contributed by atoms with Gasteiger partial charge in [-0.15, -0.1) is 0 Å². The molecule has 1 heterocycles. The van der Waals surface area contributed by atoms with Crippen LogP contribution in [0.4, 0.5) is 5.69 Å². The first-order valence-corrected chi connectivity index (χ1v) is 7.49. The third-order valence-corrected chi connectivity index (χ3v) is 3.97. The van der Waals surface area contributed by atoms with Crippen molar-refractivity contribution in [3.05, 3.63) is 65.2 Å². The van der Waals surface area contributed by atoms with Crippen LogP contribution in [-0.4, -0.2) is 19.0 Å². The molecule has 2 aromatic rings. The van der Waals surface area contributed by atoms with E-state index in [-0.39, 0.29) is 5.91 Å². The van der Waals surface area contributed by atoms with Gasteiger partial charge in [-0.1, -0.05) is 24.3 Å². The highest BCUT2D eigenvalue weighted by Crippen LogP contribution is 2.20. The van der Waals surface area contributed by atoms with Crippen LogP contribution in [0.5, 0.6) is 0 Å². The van der Waals surface area contributed by atoms with Gasteiger partial charge in [0, 0.05) is 24.3 Å². The first-order chi connectivity index (χ1) is 10.3. The van der Waals surface area contributed by atoms with Crippen molar-refractivity contribution < 1.29 is 4.79 Å². The summed E-state index contributed by atoms with van der Waals surface area (Å²) in [5, 5.41) is 3.36. The molecule has 0 aliphatic carbocycles. The summed E-state index contributed by atoms with van der Waals surface area (Å²) >= 11 is 0. The molecule has 0 unspecified atom stereocenters. The van der Waals surface area contributed by atoms with Crippen LogP contribution in [0.3, 0.4) is 0 Å². The Morgan fingerprint density at radius 1 is 1.14 bits per heavy atom. The summed E-state index contributed by atoms with van der Waals surface area (Å²) in [7, 11) is 0. The van der Waals surface area contributed by atoms with Crippen LogP contribution in [0.15, 0.2) is 48.5 Å². The first kappa shape index (κ1) is 13.8. The van der Waals surface area contributed by atoms with Gasteiger partial charge < -0.3 is 10.2 Å². The van der Waals surface area contributed by atoms with E-state index in [2.05, 4.69) is 11.4 Å². The molecule has 0 atom stereocenters. The standard InChI is InChI=1S/C18H20N2O/c1-2-20(17-6-4-3-5-7-17)18(21)15-9-8-14-10-11-19-13-16(14)12-15/h3-9,12,19H,2,10-11,13H2,1H3. The van der Waals surface area contributed by atoms with E-state index in [0.717, 1.165) is 30.8 Å². The molecule has 0 fully saturated rings. The molecule has 0 aromatic heterocycles. The highest BCUT2D eigenvalue weighted by Gasteiger charge is 2.18. The monoisotopic (exact) mass is 280 g/mol. The zero-order chi connectivity index (χ0) is 14.7. The van der Waals surface area contributed by atoms with E-state index in [0.29, 0.717) is 6.54 Å². The van der Waals surface area contributed by atoms with Crippen LogP contribution < -0.4 is 10.2 Å². The second kappa shape index (κ2) is 6.10. The number of hydrogen-bond acceptors (Lipinski definition) is 2. The molecule has 3 heteroatoms. The molecule has 1 aliphatic rings. The van der Waals surface area contributed by atoms with Crippen molar-refractivity contribution in [3.8, 4) is 0 Å². The van der Waals surface area contributed by atoms with E-state index >= 15 is 0 Å². The van der Waals surface area contributed by atoms with Crippen molar-refractivity contribution in [2.45, 2.75) is 19.9 Å². The Kier molecular flexibility index (Phi) is 4.02. The van der Waals surface area contributed by atoms with Crippen molar-refractivity contribution in [2.24, 2.45) is 0 Å². The molecule has 1 amide bonds. The molecule has 2 aromatic carbocycles. The van der Waals surface area contributed by atoms with Gasteiger partial charge in [0.25, 0.3) is 5.91 Å². The van der Waals surface area contributed by atoms with Gasteiger partial charge in [-0.05, 0) is 55.3 Å². The first-order valence-electron chi connectivity index (χ1n) is 7.49. The lowest BCUT2D eigenvalue weighted by Crippen LogP contribution is -2.31. The Labute approximate surface area is 125 Å². The minimum absolute atomic E-state index is 0.0667. The molecule has 3 rings (SSSR count). The summed E-state index contributed by atoms with van der Waals surface area (Å²) < 4.78 is 0. The lowest BCUT2D eigenvalue weighted by atomic mass is 9.98. The van der Waals surface area contributed by atoms with Crippen LogP contribution in [-0.2, 0) is 13.0 Å². The molecule has 0 radical (unpaired) electrons. The zero-order valence-corrected chi connectivity index (χ0v) is 12.3. The fourth-order valence-corrected chi connectivity index (χ4v) is 2.82. The maximum absolute atomic E-state index is 12.8. The highest BCUT2D eigenvalue weighted by atomic mass is 16.2. The van der Waals surface area contributed by atoms with Crippen LogP contribution in [0.25, 0.3) is 0 Å².